The van der Waals surface area contributed by atoms with Gasteiger partial charge in [0.05, 0.1) is 11.1 Å². The van der Waals surface area contributed by atoms with Crippen LogP contribution in [0.3, 0.4) is 0 Å². The molecule has 1 aromatic heterocycles. The molecule has 0 aliphatic carbocycles. The molecule has 0 bridgehead atoms. The summed E-state index contributed by atoms with van der Waals surface area (Å²) < 4.78 is 82.5. The van der Waals surface area contributed by atoms with Gasteiger partial charge in [0.25, 0.3) is 11.8 Å². The van der Waals surface area contributed by atoms with Crippen LogP contribution in [0.2, 0.25) is 0 Å². The molecule has 0 unspecified atom stereocenters. The second-order valence-corrected chi connectivity index (χ2v) is 10.2. The Morgan fingerprint density at radius 3 is 2.21 bits per heavy atom. The number of carbonyl (C=O) groups excluding carboxylic acids is 3. The number of rotatable bonds is 6. The van der Waals surface area contributed by atoms with Crippen molar-refractivity contribution in [3.63, 3.8) is 0 Å². The largest absolute Gasteiger partial charge is 0.450 e. The van der Waals surface area contributed by atoms with E-state index in [-0.39, 0.29) is 11.1 Å². The number of nitrogens with one attached hydrogen (secondary N) is 2. The van der Waals surface area contributed by atoms with Gasteiger partial charge in [-0.1, -0.05) is 0 Å². The van der Waals surface area contributed by atoms with E-state index >= 15 is 0 Å². The predicted octanol–water partition coefficient (Wildman–Crippen LogP) is 2.62. The fourth-order valence-electron chi connectivity index (χ4n) is 2.50. The first kappa shape index (κ1) is 26.2. The van der Waals surface area contributed by atoms with Crippen molar-refractivity contribution in [3.8, 4) is 0 Å². The van der Waals surface area contributed by atoms with Crippen molar-refractivity contribution in [2.24, 2.45) is 5.84 Å². The zero-order valence-corrected chi connectivity index (χ0v) is 18.8. The lowest BCUT2D eigenvalue weighted by Crippen LogP contribution is -2.41. The van der Waals surface area contributed by atoms with Crippen LogP contribution in [0.1, 0.15) is 36.7 Å². The highest BCUT2D eigenvalue weighted by Crippen LogP contribution is 2.37. The lowest BCUT2D eigenvalue weighted by Gasteiger charge is -2.23. The third-order valence-corrected chi connectivity index (χ3v) is 7.38. The minimum Gasteiger partial charge on any atom is -0.450 e. The van der Waals surface area contributed by atoms with Gasteiger partial charge < -0.3 is 10.1 Å². The molecule has 0 saturated heterocycles. The number of carbonyl (C=O) groups is 3. The first-order chi connectivity index (χ1) is 15.0. The molecule has 15 heteroatoms. The summed E-state index contributed by atoms with van der Waals surface area (Å²) in [5.41, 5.74) is -1.80. The van der Waals surface area contributed by atoms with Gasteiger partial charge in [0.15, 0.2) is 5.60 Å². The van der Waals surface area contributed by atoms with E-state index in [1.54, 1.807) is 5.43 Å². The Bertz CT molecular complexity index is 1220. The summed E-state index contributed by atoms with van der Waals surface area (Å²) in [4.78, 5) is 34.7. The van der Waals surface area contributed by atoms with Gasteiger partial charge in [0, 0.05) is 6.92 Å². The normalized spacial score (nSPS) is 12.2. The highest BCUT2D eigenvalue weighted by atomic mass is 32.2. The fourth-order valence-corrected chi connectivity index (χ4v) is 5.30. The molecular weight excluding hydrogens is 494 g/mol. The highest BCUT2D eigenvalue weighted by Gasteiger charge is 2.35. The number of anilines is 1. The molecular formula is C18H17F4N3O6S2. The van der Waals surface area contributed by atoms with Gasteiger partial charge in [-0.2, -0.15) is 13.2 Å². The monoisotopic (exact) mass is 511 g/mol. The van der Waals surface area contributed by atoms with E-state index in [2.05, 4.69) is 5.32 Å². The summed E-state index contributed by atoms with van der Waals surface area (Å²) >= 11 is 0.321. The molecule has 180 valence electrons. The molecule has 0 aliphatic heterocycles. The molecule has 0 radical (unpaired) electrons. The highest BCUT2D eigenvalue weighted by molar-refractivity contribution is 7.93. The summed E-state index contributed by atoms with van der Waals surface area (Å²) in [5, 5.41) is 1.90. The maximum absolute atomic E-state index is 14.3. The lowest BCUT2D eigenvalue weighted by atomic mass is 10.1. The molecule has 0 fully saturated rings. The minimum absolute atomic E-state index is 0.0261. The van der Waals surface area contributed by atoms with Crippen LogP contribution < -0.4 is 16.6 Å². The zero-order chi connectivity index (χ0) is 25.4. The molecule has 0 atom stereocenters. The summed E-state index contributed by atoms with van der Waals surface area (Å²) in [6.07, 6.45) is -4.90. The van der Waals surface area contributed by atoms with Crippen LogP contribution in [0.25, 0.3) is 0 Å². The van der Waals surface area contributed by atoms with E-state index in [1.807, 2.05) is 0 Å². The maximum atomic E-state index is 14.3. The van der Waals surface area contributed by atoms with E-state index in [4.69, 9.17) is 10.6 Å². The number of nitrogens with two attached hydrogens (primary N) is 1. The van der Waals surface area contributed by atoms with Crippen LogP contribution in [-0.4, -0.2) is 31.8 Å². The molecule has 33 heavy (non-hydrogen) atoms. The van der Waals surface area contributed by atoms with Crippen molar-refractivity contribution in [2.45, 2.75) is 41.7 Å². The number of alkyl halides is 3. The third-order valence-electron chi connectivity index (χ3n) is 4.07. The molecule has 0 saturated carbocycles. The fraction of sp³-hybridized carbons (Fsp3) is 0.278. The summed E-state index contributed by atoms with van der Waals surface area (Å²) in [6, 6.07) is 1.63. The van der Waals surface area contributed by atoms with Gasteiger partial charge in [-0.15, -0.1) is 11.3 Å². The van der Waals surface area contributed by atoms with Gasteiger partial charge in [-0.3, -0.25) is 19.8 Å². The average molecular weight is 511 g/mol. The van der Waals surface area contributed by atoms with E-state index in [1.165, 1.54) is 13.8 Å². The van der Waals surface area contributed by atoms with E-state index in [9.17, 15) is 40.4 Å². The number of sulfone groups is 1. The number of hydrogen-bond acceptors (Lipinski definition) is 8. The molecule has 9 nitrogen and oxygen atoms in total. The second-order valence-electron chi connectivity index (χ2n) is 6.99. The lowest BCUT2D eigenvalue weighted by molar-refractivity contribution is -0.160. The van der Waals surface area contributed by atoms with Crippen molar-refractivity contribution in [1.29, 1.82) is 0 Å². The van der Waals surface area contributed by atoms with Crippen LogP contribution in [-0.2, 0) is 30.3 Å². The first-order valence-corrected chi connectivity index (χ1v) is 11.1. The first-order valence-electron chi connectivity index (χ1n) is 8.78. The van der Waals surface area contributed by atoms with Crippen LogP contribution in [0.15, 0.2) is 33.4 Å². The Labute approximate surface area is 188 Å². The number of nitrogen functional groups attached to an aromatic ring is 1. The Kier molecular flexibility index (Phi) is 7.21. The van der Waals surface area contributed by atoms with Crippen LogP contribution in [0.4, 0.5) is 22.6 Å². The van der Waals surface area contributed by atoms with Crippen molar-refractivity contribution in [3.05, 3.63) is 41.2 Å². The quantitative estimate of drug-likeness (QED) is 0.178. The molecule has 1 heterocycles. The predicted molar refractivity (Wildman–Crippen MR) is 107 cm³/mol. The van der Waals surface area contributed by atoms with Gasteiger partial charge in [0.1, 0.15) is 19.9 Å². The van der Waals surface area contributed by atoms with E-state index in [0.717, 1.165) is 13.0 Å². The van der Waals surface area contributed by atoms with Crippen molar-refractivity contribution in [1.82, 2.24) is 5.43 Å². The number of ether oxygens (including phenoxy) is 1. The molecule has 4 N–H and O–H groups in total. The molecule has 1 aromatic carbocycles. The smallest absolute Gasteiger partial charge is 0.416 e. The average Bonchev–Trinajstić information content (AvgIpc) is 3.10. The zero-order valence-electron chi connectivity index (χ0n) is 17.2. The number of esters is 1. The Morgan fingerprint density at radius 1 is 1.12 bits per heavy atom. The Morgan fingerprint density at radius 2 is 1.73 bits per heavy atom. The summed E-state index contributed by atoms with van der Waals surface area (Å²) in [6.45, 7) is 3.52. The molecule has 0 aliphatic rings. The number of amides is 2. The Balaban J connectivity index is 2.54. The number of hydrazine groups is 1. The maximum Gasteiger partial charge on any atom is 0.416 e. The standard InChI is InChI=1S/C18H17F4N3O6S2/c1-8(26)31-17(2,3)16(28)24-15-10(14(27)25-23)7-13(32-15)33(29,30)12-5-4-9(6-11(12)19)18(20,21)22/h4-7H,23H2,1-3H3,(H,24,28)(H,25,27). The van der Waals surface area contributed by atoms with Crippen molar-refractivity contribution in [2.75, 3.05) is 5.32 Å². The van der Waals surface area contributed by atoms with Gasteiger partial charge >= 0.3 is 12.1 Å². The van der Waals surface area contributed by atoms with Gasteiger partial charge in [-0.25, -0.2) is 18.7 Å². The van der Waals surface area contributed by atoms with E-state index < -0.39 is 65.4 Å². The number of halogens is 4. The van der Waals surface area contributed by atoms with Crippen LogP contribution >= 0.6 is 11.3 Å². The summed E-state index contributed by atoms with van der Waals surface area (Å²) in [7, 11) is -4.75. The van der Waals surface area contributed by atoms with E-state index in [0.29, 0.717) is 23.5 Å². The molecule has 0 spiro atoms. The van der Waals surface area contributed by atoms with Gasteiger partial charge in [-0.05, 0) is 38.1 Å². The van der Waals surface area contributed by atoms with Crippen LogP contribution in [0, 0.1) is 5.82 Å². The SMILES string of the molecule is CC(=O)OC(C)(C)C(=O)Nc1sc(S(=O)(=O)c2ccc(C(F)(F)F)cc2F)cc1C(=O)NN. The molecule has 2 aromatic rings. The summed E-state index contributed by atoms with van der Waals surface area (Å²) in [5.74, 6) is 0.660. The Hall–Kier alpha value is -3.04. The van der Waals surface area contributed by atoms with Crippen LogP contribution in [0.5, 0.6) is 0 Å². The number of hydrogen-bond donors (Lipinski definition) is 3. The van der Waals surface area contributed by atoms with Crippen molar-refractivity contribution >= 4 is 44.0 Å². The van der Waals surface area contributed by atoms with Crippen molar-refractivity contribution < 1.29 is 45.1 Å². The molecule has 2 rings (SSSR count). The third kappa shape index (κ3) is 5.66. The number of benzene rings is 1. The second kappa shape index (κ2) is 9.07. The minimum atomic E-state index is -4.90. The number of thiophene rings is 1. The van der Waals surface area contributed by atoms with Gasteiger partial charge in [0.2, 0.25) is 9.84 Å². The molecule has 2 amide bonds. The topological polar surface area (TPSA) is 145 Å².